The Hall–Kier alpha value is -3.86. The minimum atomic E-state index is -1.40. The maximum atomic E-state index is 14.1. The molecule has 1 saturated heterocycles. The topological polar surface area (TPSA) is 101 Å². The highest BCUT2D eigenvalue weighted by Crippen LogP contribution is 2.41. The quantitative estimate of drug-likeness (QED) is 0.312. The van der Waals surface area contributed by atoms with Crippen LogP contribution in [-0.2, 0) is 0 Å². The number of hydrogen-bond acceptors (Lipinski definition) is 8. The van der Waals surface area contributed by atoms with Crippen LogP contribution in [0.25, 0.3) is 22.3 Å². The molecule has 2 aliphatic rings. The number of nitrogens with one attached hydrogen (secondary N) is 3. The van der Waals surface area contributed by atoms with E-state index in [-0.39, 0.29) is 11.9 Å². The molecule has 37 heavy (non-hydrogen) atoms. The van der Waals surface area contributed by atoms with E-state index in [0.29, 0.717) is 23.4 Å². The predicted molar refractivity (Wildman–Crippen MR) is 134 cm³/mol. The van der Waals surface area contributed by atoms with E-state index >= 15 is 0 Å². The van der Waals surface area contributed by atoms with Gasteiger partial charge in [-0.2, -0.15) is 9.37 Å². The molecule has 0 unspecified atom stereocenters. The molecule has 0 aromatic carbocycles. The summed E-state index contributed by atoms with van der Waals surface area (Å²) < 4.78 is 41.0. The standard InChI is InChI=1S/C26H25F3N8/c27-18-11-19(28)25(36-23(18)29)35-21-10-15(4-9-32-21)24-34-20-13-31-12-17(14-2-1-3-14)22(20)26(37-24)33-16-5-7-30-8-6-16/h4,9-14,16,30H,1-3,5-8H2,(H,32,35,36)(H,33,34,37). The number of fused-ring (bicyclic) bond motifs is 1. The van der Waals surface area contributed by atoms with E-state index in [1.165, 1.54) is 18.2 Å². The van der Waals surface area contributed by atoms with Gasteiger partial charge in [0.1, 0.15) is 11.6 Å². The summed E-state index contributed by atoms with van der Waals surface area (Å²) in [7, 11) is 0. The fraction of sp³-hybridized carbons (Fsp3) is 0.346. The van der Waals surface area contributed by atoms with E-state index in [9.17, 15) is 13.2 Å². The molecule has 11 heteroatoms. The number of rotatable bonds is 6. The van der Waals surface area contributed by atoms with E-state index in [2.05, 4.69) is 30.9 Å². The molecule has 0 spiro atoms. The van der Waals surface area contributed by atoms with Crippen molar-refractivity contribution in [3.05, 3.63) is 59.9 Å². The molecule has 2 fully saturated rings. The molecule has 4 aromatic heterocycles. The molecule has 190 valence electrons. The molecule has 3 N–H and O–H groups in total. The van der Waals surface area contributed by atoms with E-state index in [4.69, 9.17) is 9.97 Å². The van der Waals surface area contributed by atoms with Crippen LogP contribution in [0.1, 0.15) is 43.6 Å². The van der Waals surface area contributed by atoms with Crippen LogP contribution in [0.15, 0.2) is 36.8 Å². The van der Waals surface area contributed by atoms with Crippen LogP contribution in [-0.4, -0.2) is 44.1 Å². The van der Waals surface area contributed by atoms with Crippen molar-refractivity contribution in [3.8, 4) is 11.4 Å². The number of anilines is 3. The first-order valence-electron chi connectivity index (χ1n) is 12.4. The lowest BCUT2D eigenvalue weighted by molar-refractivity contribution is 0.421. The Morgan fingerprint density at radius 2 is 1.73 bits per heavy atom. The highest BCUT2D eigenvalue weighted by Gasteiger charge is 2.26. The Balaban J connectivity index is 1.40. The first-order chi connectivity index (χ1) is 18.0. The Bertz CT molecular complexity index is 1450. The number of aromatic nitrogens is 5. The van der Waals surface area contributed by atoms with Gasteiger partial charge in [-0.15, -0.1) is 0 Å². The second-order valence-electron chi connectivity index (χ2n) is 9.46. The second kappa shape index (κ2) is 9.89. The summed E-state index contributed by atoms with van der Waals surface area (Å²) >= 11 is 0. The molecule has 8 nitrogen and oxygen atoms in total. The summed E-state index contributed by atoms with van der Waals surface area (Å²) in [6, 6.07) is 4.07. The summed E-state index contributed by atoms with van der Waals surface area (Å²) in [6.45, 7) is 1.89. The van der Waals surface area contributed by atoms with Crippen LogP contribution in [0.4, 0.5) is 30.6 Å². The number of halogens is 3. The van der Waals surface area contributed by atoms with Gasteiger partial charge in [-0.05, 0) is 62.4 Å². The number of nitrogens with zero attached hydrogens (tertiary/aromatic N) is 5. The van der Waals surface area contributed by atoms with Crippen molar-refractivity contribution in [3.63, 3.8) is 0 Å². The van der Waals surface area contributed by atoms with Gasteiger partial charge in [-0.1, -0.05) is 6.42 Å². The van der Waals surface area contributed by atoms with E-state index < -0.39 is 23.4 Å². The van der Waals surface area contributed by atoms with Gasteiger partial charge >= 0.3 is 0 Å². The zero-order chi connectivity index (χ0) is 25.4. The normalized spacial score (nSPS) is 16.5. The Labute approximate surface area is 211 Å². The summed E-state index contributed by atoms with van der Waals surface area (Å²) in [5.74, 6) is -2.40. The summed E-state index contributed by atoms with van der Waals surface area (Å²) in [5, 5.41) is 10.7. The van der Waals surface area contributed by atoms with Crippen LogP contribution in [0.3, 0.4) is 0 Å². The average Bonchev–Trinajstić information content (AvgIpc) is 2.87. The maximum Gasteiger partial charge on any atom is 0.251 e. The monoisotopic (exact) mass is 506 g/mol. The first-order valence-corrected chi connectivity index (χ1v) is 12.4. The van der Waals surface area contributed by atoms with E-state index in [0.717, 1.165) is 55.5 Å². The van der Waals surface area contributed by atoms with Crippen molar-refractivity contribution in [2.45, 2.75) is 44.1 Å². The Kier molecular flexibility index (Phi) is 6.29. The van der Waals surface area contributed by atoms with Crippen molar-refractivity contribution in [1.82, 2.24) is 30.2 Å². The van der Waals surface area contributed by atoms with Crippen molar-refractivity contribution in [2.24, 2.45) is 0 Å². The van der Waals surface area contributed by atoms with Crippen LogP contribution in [0, 0.1) is 17.6 Å². The third kappa shape index (κ3) is 4.78. The van der Waals surface area contributed by atoms with Gasteiger partial charge in [0.15, 0.2) is 23.3 Å². The highest BCUT2D eigenvalue weighted by atomic mass is 19.2. The lowest BCUT2D eigenvalue weighted by Crippen LogP contribution is -2.35. The van der Waals surface area contributed by atoms with Gasteiger partial charge in [0.05, 0.1) is 11.7 Å². The van der Waals surface area contributed by atoms with Crippen molar-refractivity contribution >= 4 is 28.4 Å². The number of piperidine rings is 1. The largest absolute Gasteiger partial charge is 0.367 e. The molecule has 1 aliphatic heterocycles. The number of pyridine rings is 3. The lowest BCUT2D eigenvalue weighted by Gasteiger charge is -2.29. The van der Waals surface area contributed by atoms with Gasteiger partial charge in [0, 0.05) is 35.5 Å². The highest BCUT2D eigenvalue weighted by molar-refractivity contribution is 5.93. The zero-order valence-electron chi connectivity index (χ0n) is 19.9. The van der Waals surface area contributed by atoms with Gasteiger partial charge in [0.25, 0.3) is 5.95 Å². The molecule has 1 saturated carbocycles. The number of hydrogen-bond donors (Lipinski definition) is 3. The van der Waals surface area contributed by atoms with Gasteiger partial charge in [-0.3, -0.25) is 4.98 Å². The third-order valence-corrected chi connectivity index (χ3v) is 7.01. The minimum absolute atomic E-state index is 0.188. The summed E-state index contributed by atoms with van der Waals surface area (Å²) in [5.41, 5.74) is 2.53. The van der Waals surface area contributed by atoms with Crippen LogP contribution in [0.2, 0.25) is 0 Å². The molecular weight excluding hydrogens is 481 g/mol. The molecule has 0 atom stereocenters. The van der Waals surface area contributed by atoms with Gasteiger partial charge < -0.3 is 16.0 Å². The molecule has 0 amide bonds. The fourth-order valence-electron chi connectivity index (χ4n) is 4.82. The maximum absolute atomic E-state index is 14.1. The van der Waals surface area contributed by atoms with E-state index in [1.54, 1.807) is 18.3 Å². The Morgan fingerprint density at radius 3 is 2.51 bits per heavy atom. The average molecular weight is 507 g/mol. The molecular formula is C26H25F3N8. The summed E-state index contributed by atoms with van der Waals surface area (Å²) in [6.07, 6.45) is 10.6. The van der Waals surface area contributed by atoms with Crippen LogP contribution >= 0.6 is 0 Å². The predicted octanol–water partition coefficient (Wildman–Crippen LogP) is 5.07. The second-order valence-corrected chi connectivity index (χ2v) is 9.46. The van der Waals surface area contributed by atoms with E-state index in [1.807, 2.05) is 6.20 Å². The zero-order valence-corrected chi connectivity index (χ0v) is 19.9. The van der Waals surface area contributed by atoms with Crippen molar-refractivity contribution in [2.75, 3.05) is 23.7 Å². The third-order valence-electron chi connectivity index (χ3n) is 7.01. The molecule has 6 rings (SSSR count). The van der Waals surface area contributed by atoms with Crippen LogP contribution in [0.5, 0.6) is 0 Å². The molecule has 1 aliphatic carbocycles. The smallest absolute Gasteiger partial charge is 0.251 e. The lowest BCUT2D eigenvalue weighted by atomic mass is 9.79. The van der Waals surface area contributed by atoms with Crippen LogP contribution < -0.4 is 16.0 Å². The SMILES string of the molecule is Fc1cc(F)c(Nc2cc(-c3nc(NC4CCNCC4)c4c(C5CCC5)cncc4n3)ccn2)nc1F. The first kappa shape index (κ1) is 23.5. The minimum Gasteiger partial charge on any atom is -0.367 e. The van der Waals surface area contributed by atoms with Crippen molar-refractivity contribution in [1.29, 1.82) is 0 Å². The van der Waals surface area contributed by atoms with Gasteiger partial charge in [0.2, 0.25) is 0 Å². The molecule has 5 heterocycles. The molecule has 0 bridgehead atoms. The fourth-order valence-corrected chi connectivity index (χ4v) is 4.82. The Morgan fingerprint density at radius 1 is 0.892 bits per heavy atom. The van der Waals surface area contributed by atoms with Crippen molar-refractivity contribution < 1.29 is 13.2 Å². The molecule has 4 aromatic rings. The molecule has 0 radical (unpaired) electrons. The van der Waals surface area contributed by atoms with Gasteiger partial charge in [-0.25, -0.2) is 23.7 Å². The summed E-state index contributed by atoms with van der Waals surface area (Å²) in [4.78, 5) is 21.7.